The van der Waals surface area contributed by atoms with Crippen LogP contribution in [0.2, 0.25) is 0 Å². The van der Waals surface area contributed by atoms with Gasteiger partial charge in [0.15, 0.2) is 6.10 Å². The Labute approximate surface area is 97.5 Å². The molecule has 0 aromatic heterocycles. The van der Waals surface area contributed by atoms with E-state index in [2.05, 4.69) is 0 Å². The average Bonchev–Trinajstić information content (AvgIpc) is 2.26. The molecule has 1 rings (SSSR count). The lowest BCUT2D eigenvalue weighted by Gasteiger charge is -2.20. The van der Waals surface area contributed by atoms with Crippen molar-refractivity contribution in [2.45, 2.75) is 18.2 Å². The number of rotatable bonds is 3. The summed E-state index contributed by atoms with van der Waals surface area (Å²) in [5, 5.41) is 17.5. The highest BCUT2D eigenvalue weighted by Crippen LogP contribution is 2.44. The van der Waals surface area contributed by atoms with Gasteiger partial charge in [-0.2, -0.15) is 22.0 Å². The Morgan fingerprint density at radius 3 is 2.17 bits per heavy atom. The number of hydrogen-bond acceptors (Lipinski definition) is 2. The summed E-state index contributed by atoms with van der Waals surface area (Å²) in [5.74, 6) is -6.86. The van der Waals surface area contributed by atoms with Crippen molar-refractivity contribution in [3.05, 3.63) is 35.4 Å². The molecule has 0 aliphatic heterocycles. The summed E-state index contributed by atoms with van der Waals surface area (Å²) in [6.07, 6.45) is -7.95. The van der Waals surface area contributed by atoms with Crippen molar-refractivity contribution >= 4 is 5.97 Å². The largest absolute Gasteiger partial charge is 0.479 e. The maximum Gasteiger partial charge on any atom is 0.458 e. The van der Waals surface area contributed by atoms with Gasteiger partial charge < -0.3 is 10.2 Å². The summed E-state index contributed by atoms with van der Waals surface area (Å²) in [4.78, 5) is 10.4. The van der Waals surface area contributed by atoms with Gasteiger partial charge in [-0.1, -0.05) is 18.2 Å². The summed E-state index contributed by atoms with van der Waals surface area (Å²) in [5.41, 5.74) is -1.98. The zero-order chi connectivity index (χ0) is 14.1. The van der Waals surface area contributed by atoms with Crippen LogP contribution in [-0.2, 0) is 10.7 Å². The number of alkyl halides is 5. The molecule has 1 aromatic carbocycles. The van der Waals surface area contributed by atoms with E-state index in [0.717, 1.165) is 12.1 Å². The molecule has 0 fully saturated rings. The van der Waals surface area contributed by atoms with E-state index in [1.807, 2.05) is 0 Å². The lowest BCUT2D eigenvalue weighted by atomic mass is 10.0. The van der Waals surface area contributed by atoms with Crippen LogP contribution in [0.4, 0.5) is 22.0 Å². The fourth-order valence-electron chi connectivity index (χ4n) is 1.21. The molecular formula is C10H7F5O3. The molecule has 1 aromatic rings. The molecule has 2 N–H and O–H groups in total. The fourth-order valence-corrected chi connectivity index (χ4v) is 1.21. The van der Waals surface area contributed by atoms with Crippen molar-refractivity contribution in [1.82, 2.24) is 0 Å². The van der Waals surface area contributed by atoms with E-state index in [0.29, 0.717) is 12.1 Å². The standard InChI is InChI=1S/C10H7F5O3/c11-9(12,10(13,14)15)6-3-1-2-5(4-6)7(16)8(17)18/h1-4,7,16H,(H,17,18). The quantitative estimate of drug-likeness (QED) is 0.829. The monoisotopic (exact) mass is 270 g/mol. The molecule has 0 saturated heterocycles. The van der Waals surface area contributed by atoms with Gasteiger partial charge in [0.2, 0.25) is 0 Å². The number of carboxylic acids is 1. The van der Waals surface area contributed by atoms with Crippen LogP contribution in [-0.4, -0.2) is 22.4 Å². The molecule has 0 heterocycles. The number of aliphatic hydroxyl groups excluding tert-OH is 1. The topological polar surface area (TPSA) is 57.5 Å². The van der Waals surface area contributed by atoms with Gasteiger partial charge in [0.1, 0.15) is 0 Å². The van der Waals surface area contributed by atoms with Crippen molar-refractivity contribution in [3.63, 3.8) is 0 Å². The second kappa shape index (κ2) is 4.52. The van der Waals surface area contributed by atoms with Gasteiger partial charge in [0.05, 0.1) is 0 Å². The molecule has 8 heteroatoms. The normalized spacial score (nSPS) is 14.3. The smallest absolute Gasteiger partial charge is 0.458 e. The van der Waals surface area contributed by atoms with Gasteiger partial charge in [0.25, 0.3) is 0 Å². The first-order valence-electron chi connectivity index (χ1n) is 4.53. The molecule has 0 amide bonds. The first kappa shape index (κ1) is 14.4. The molecule has 1 unspecified atom stereocenters. The van der Waals surface area contributed by atoms with E-state index in [4.69, 9.17) is 10.2 Å². The zero-order valence-corrected chi connectivity index (χ0v) is 8.58. The second-order valence-corrected chi connectivity index (χ2v) is 3.44. The minimum absolute atomic E-state index is 0.312. The summed E-state index contributed by atoms with van der Waals surface area (Å²) >= 11 is 0. The number of carbonyl (C=O) groups is 1. The number of aliphatic hydroxyl groups is 1. The Morgan fingerprint density at radius 2 is 1.72 bits per heavy atom. The highest BCUT2D eigenvalue weighted by Gasteiger charge is 2.58. The van der Waals surface area contributed by atoms with E-state index in [9.17, 15) is 26.7 Å². The van der Waals surface area contributed by atoms with Crippen molar-refractivity contribution in [2.24, 2.45) is 0 Å². The number of carboxylic acid groups (broad SMARTS) is 1. The maximum atomic E-state index is 13.0. The van der Waals surface area contributed by atoms with E-state index < -0.39 is 35.3 Å². The van der Waals surface area contributed by atoms with Crippen molar-refractivity contribution in [2.75, 3.05) is 0 Å². The van der Waals surface area contributed by atoms with E-state index >= 15 is 0 Å². The molecule has 18 heavy (non-hydrogen) atoms. The summed E-state index contributed by atoms with van der Waals surface area (Å²) in [7, 11) is 0. The van der Waals surface area contributed by atoms with Gasteiger partial charge in [0, 0.05) is 5.56 Å². The number of aliphatic carboxylic acids is 1. The molecule has 100 valence electrons. The van der Waals surface area contributed by atoms with Crippen molar-refractivity contribution < 1.29 is 37.0 Å². The Hall–Kier alpha value is -1.70. The zero-order valence-electron chi connectivity index (χ0n) is 8.58. The van der Waals surface area contributed by atoms with Gasteiger partial charge in [-0.3, -0.25) is 0 Å². The molecule has 0 spiro atoms. The Morgan fingerprint density at radius 1 is 1.17 bits per heavy atom. The van der Waals surface area contributed by atoms with Crippen LogP contribution < -0.4 is 0 Å². The Bertz CT molecular complexity index is 455. The third-order valence-corrected chi connectivity index (χ3v) is 2.15. The third kappa shape index (κ3) is 2.58. The molecule has 1 atom stereocenters. The van der Waals surface area contributed by atoms with E-state index in [1.54, 1.807) is 0 Å². The average molecular weight is 270 g/mol. The molecule has 0 radical (unpaired) electrons. The predicted molar refractivity (Wildman–Crippen MR) is 49.0 cm³/mol. The summed E-state index contributed by atoms with van der Waals surface area (Å²) in [6, 6.07) is 2.57. The van der Waals surface area contributed by atoms with Crippen LogP contribution in [0.3, 0.4) is 0 Å². The minimum atomic E-state index is -5.79. The van der Waals surface area contributed by atoms with Crippen LogP contribution in [0.15, 0.2) is 24.3 Å². The van der Waals surface area contributed by atoms with E-state index in [1.165, 1.54) is 0 Å². The lowest BCUT2D eigenvalue weighted by Crippen LogP contribution is -2.33. The molecule has 0 bridgehead atoms. The van der Waals surface area contributed by atoms with Crippen LogP contribution >= 0.6 is 0 Å². The molecule has 0 aliphatic carbocycles. The molecular weight excluding hydrogens is 263 g/mol. The maximum absolute atomic E-state index is 13.0. The highest BCUT2D eigenvalue weighted by molar-refractivity contribution is 5.74. The molecule has 3 nitrogen and oxygen atoms in total. The van der Waals surface area contributed by atoms with Gasteiger partial charge in [-0.15, -0.1) is 0 Å². The van der Waals surface area contributed by atoms with Crippen molar-refractivity contribution in [3.8, 4) is 0 Å². The van der Waals surface area contributed by atoms with Crippen LogP contribution in [0.1, 0.15) is 17.2 Å². The van der Waals surface area contributed by atoms with Crippen LogP contribution in [0.5, 0.6) is 0 Å². The SMILES string of the molecule is O=C(O)C(O)c1cccc(C(F)(F)C(F)(F)F)c1. The van der Waals surface area contributed by atoms with Gasteiger partial charge >= 0.3 is 18.1 Å². The fraction of sp³-hybridized carbons (Fsp3) is 0.300. The number of halogens is 5. The summed E-state index contributed by atoms with van der Waals surface area (Å²) < 4.78 is 62.2. The van der Waals surface area contributed by atoms with Crippen LogP contribution in [0.25, 0.3) is 0 Å². The van der Waals surface area contributed by atoms with Gasteiger partial charge in [-0.05, 0) is 11.6 Å². The Kier molecular flexibility index (Phi) is 3.61. The van der Waals surface area contributed by atoms with E-state index in [-0.39, 0.29) is 0 Å². The number of hydrogen-bond donors (Lipinski definition) is 2. The summed E-state index contributed by atoms with van der Waals surface area (Å²) in [6.45, 7) is 0. The number of benzene rings is 1. The first-order valence-corrected chi connectivity index (χ1v) is 4.53. The molecule has 0 aliphatic rings. The molecule has 0 saturated carbocycles. The lowest BCUT2D eigenvalue weighted by molar-refractivity contribution is -0.289. The highest BCUT2D eigenvalue weighted by atomic mass is 19.4. The first-order chi connectivity index (χ1) is 8.07. The Balaban J connectivity index is 3.21. The predicted octanol–water partition coefficient (Wildman–Crippen LogP) is 2.46. The van der Waals surface area contributed by atoms with Crippen LogP contribution in [0, 0.1) is 0 Å². The van der Waals surface area contributed by atoms with Gasteiger partial charge in [-0.25, -0.2) is 4.79 Å². The third-order valence-electron chi connectivity index (χ3n) is 2.15. The minimum Gasteiger partial charge on any atom is -0.479 e. The van der Waals surface area contributed by atoms with Crippen molar-refractivity contribution in [1.29, 1.82) is 0 Å². The second-order valence-electron chi connectivity index (χ2n) is 3.44.